The van der Waals surface area contributed by atoms with Crippen molar-refractivity contribution in [3.8, 4) is 0 Å². The van der Waals surface area contributed by atoms with Crippen LogP contribution in [0.15, 0.2) is 0 Å². The summed E-state index contributed by atoms with van der Waals surface area (Å²) < 4.78 is 11.1. The lowest BCUT2D eigenvalue weighted by atomic mass is 10.5. The number of rotatable bonds is 2. The Morgan fingerprint density at radius 3 is 2.33 bits per heavy atom. The minimum absolute atomic E-state index is 0.0174. The summed E-state index contributed by atoms with van der Waals surface area (Å²) in [4.78, 5) is 0. The molecule has 3 heteroatoms. The summed E-state index contributed by atoms with van der Waals surface area (Å²) in [6.45, 7) is -0.747. The molecule has 0 heterocycles. The first-order valence-electron chi connectivity index (χ1n) is 1.61. The van der Waals surface area contributed by atoms with Gasteiger partial charge >= 0.3 is 0 Å². The zero-order chi connectivity index (χ0) is 4.99. The molecule has 0 amide bonds. The van der Waals surface area contributed by atoms with Crippen LogP contribution in [0, 0.1) is 0 Å². The maximum atomic E-state index is 11.1. The summed E-state index contributed by atoms with van der Waals surface area (Å²) >= 11 is 4.96. The monoisotopic (exact) mass is 112 g/mol. The molecule has 1 N–H and O–H groups in total. The van der Waals surface area contributed by atoms with Gasteiger partial charge in [-0.05, 0) is 0 Å². The first kappa shape index (κ1) is 6.18. The van der Waals surface area contributed by atoms with Crippen LogP contribution in [0.25, 0.3) is 0 Å². The second-order valence-electron chi connectivity index (χ2n) is 0.962. The fourth-order valence-corrected chi connectivity index (χ4v) is 0.124. The van der Waals surface area contributed by atoms with E-state index in [4.69, 9.17) is 16.7 Å². The van der Waals surface area contributed by atoms with Gasteiger partial charge in [0.1, 0.15) is 6.67 Å². The van der Waals surface area contributed by atoms with E-state index in [0.717, 1.165) is 0 Å². The smallest absolute Gasteiger partial charge is 0.116 e. The molecule has 0 saturated heterocycles. The Morgan fingerprint density at radius 2 is 2.33 bits per heavy atom. The first-order valence-corrected chi connectivity index (χ1v) is 2.14. The molecule has 1 atom stereocenters. The third-order valence-electron chi connectivity index (χ3n) is 0.356. The maximum absolute atomic E-state index is 11.1. The van der Waals surface area contributed by atoms with E-state index in [0.29, 0.717) is 0 Å². The minimum atomic E-state index is -0.966. The second kappa shape index (κ2) is 3.37. The Bertz CT molecular complexity index is 30.0. The molecule has 0 radical (unpaired) electrons. The predicted molar refractivity (Wildman–Crippen MR) is 22.7 cm³/mol. The molecule has 1 unspecified atom stereocenters. The summed E-state index contributed by atoms with van der Waals surface area (Å²) in [6.07, 6.45) is -0.966. The van der Waals surface area contributed by atoms with Crippen molar-refractivity contribution in [2.75, 3.05) is 12.6 Å². The molecule has 0 rings (SSSR count). The number of halogens is 2. The summed E-state index contributed by atoms with van der Waals surface area (Å²) in [7, 11) is 0. The highest BCUT2D eigenvalue weighted by atomic mass is 35.5. The summed E-state index contributed by atoms with van der Waals surface area (Å²) in [5.41, 5.74) is 0. The molecule has 0 aromatic rings. The van der Waals surface area contributed by atoms with Crippen molar-refractivity contribution in [1.82, 2.24) is 0 Å². The molecule has 6 heavy (non-hydrogen) atoms. The van der Waals surface area contributed by atoms with Crippen LogP contribution in [0.3, 0.4) is 0 Å². The number of aliphatic hydroxyl groups is 1. The van der Waals surface area contributed by atoms with E-state index in [-0.39, 0.29) is 5.88 Å². The third-order valence-corrected chi connectivity index (χ3v) is 0.712. The lowest BCUT2D eigenvalue weighted by Gasteiger charge is -1.93. The van der Waals surface area contributed by atoms with E-state index in [1.807, 2.05) is 0 Å². The van der Waals surface area contributed by atoms with Crippen molar-refractivity contribution in [1.29, 1.82) is 0 Å². The van der Waals surface area contributed by atoms with Crippen LogP contribution in [0.5, 0.6) is 0 Å². The standard InChI is InChI=1S/C3H6ClFO/c4-1-3(6)2-5/h3,6H,1-2H2. The first-order chi connectivity index (χ1) is 2.81. The lowest BCUT2D eigenvalue weighted by molar-refractivity contribution is 0.161. The molecule has 1 nitrogen and oxygen atoms in total. The average molecular weight is 113 g/mol. The van der Waals surface area contributed by atoms with Crippen LogP contribution < -0.4 is 0 Å². The highest BCUT2D eigenvalue weighted by Crippen LogP contribution is 1.85. The third kappa shape index (κ3) is 2.42. The lowest BCUT2D eigenvalue weighted by Crippen LogP contribution is -2.09. The molecule has 0 fully saturated rings. The average Bonchev–Trinajstić information content (AvgIpc) is 1.65. The van der Waals surface area contributed by atoms with E-state index in [1.165, 1.54) is 0 Å². The van der Waals surface area contributed by atoms with E-state index in [9.17, 15) is 4.39 Å². The van der Waals surface area contributed by atoms with Crippen LogP contribution in [0.1, 0.15) is 0 Å². The van der Waals surface area contributed by atoms with Crippen molar-refractivity contribution in [3.05, 3.63) is 0 Å². The number of aliphatic hydroxyl groups excluding tert-OH is 1. The molecule has 0 aliphatic heterocycles. The fraction of sp³-hybridized carbons (Fsp3) is 1.00. The van der Waals surface area contributed by atoms with Gasteiger partial charge in [0.05, 0.1) is 12.0 Å². The maximum Gasteiger partial charge on any atom is 0.116 e. The normalized spacial score (nSPS) is 14.5. The van der Waals surface area contributed by atoms with E-state index < -0.39 is 12.8 Å². The Kier molecular flexibility index (Phi) is 3.47. The Hall–Kier alpha value is 0.180. The van der Waals surface area contributed by atoms with Crippen molar-refractivity contribution in [2.45, 2.75) is 6.10 Å². The number of alkyl halides is 2. The van der Waals surface area contributed by atoms with Crippen molar-refractivity contribution < 1.29 is 9.50 Å². The highest BCUT2D eigenvalue weighted by molar-refractivity contribution is 6.18. The molecule has 0 saturated carbocycles. The molecule has 0 aromatic carbocycles. The van der Waals surface area contributed by atoms with Crippen LogP contribution in [-0.2, 0) is 0 Å². The van der Waals surface area contributed by atoms with Gasteiger partial charge in [0, 0.05) is 0 Å². The van der Waals surface area contributed by atoms with Gasteiger partial charge in [-0.1, -0.05) is 0 Å². The molecule has 0 spiro atoms. The second-order valence-corrected chi connectivity index (χ2v) is 1.27. The number of hydrogen-bond donors (Lipinski definition) is 1. The van der Waals surface area contributed by atoms with Crippen LogP contribution >= 0.6 is 11.6 Å². The van der Waals surface area contributed by atoms with Gasteiger partial charge in [-0.25, -0.2) is 4.39 Å². The molecule has 0 aromatic heterocycles. The zero-order valence-corrected chi connectivity index (χ0v) is 3.95. The quantitative estimate of drug-likeness (QED) is 0.518. The highest BCUT2D eigenvalue weighted by Gasteiger charge is 1.95. The molecule has 0 aliphatic carbocycles. The fourth-order valence-electron chi connectivity index (χ4n) is 0.0412. The van der Waals surface area contributed by atoms with Gasteiger partial charge in [-0.2, -0.15) is 0 Å². The van der Waals surface area contributed by atoms with E-state index >= 15 is 0 Å². The summed E-state index contributed by atoms with van der Waals surface area (Å²) in [5.74, 6) is -0.0174. The predicted octanol–water partition coefficient (Wildman–Crippen LogP) is 0.556. The van der Waals surface area contributed by atoms with Crippen LogP contribution in [0.4, 0.5) is 4.39 Å². The van der Waals surface area contributed by atoms with Gasteiger partial charge in [0.25, 0.3) is 0 Å². The van der Waals surface area contributed by atoms with Crippen molar-refractivity contribution >= 4 is 11.6 Å². The Labute approximate surface area is 40.7 Å². The molecule has 38 valence electrons. The summed E-state index contributed by atoms with van der Waals surface area (Å²) in [6, 6.07) is 0. The van der Waals surface area contributed by atoms with Gasteiger partial charge in [-0.3, -0.25) is 0 Å². The van der Waals surface area contributed by atoms with Crippen LogP contribution in [0.2, 0.25) is 0 Å². The van der Waals surface area contributed by atoms with Crippen LogP contribution in [-0.4, -0.2) is 23.8 Å². The molecule has 0 bridgehead atoms. The minimum Gasteiger partial charge on any atom is -0.389 e. The SMILES string of the molecule is OC(CF)CCl. The largest absolute Gasteiger partial charge is 0.389 e. The zero-order valence-electron chi connectivity index (χ0n) is 3.19. The van der Waals surface area contributed by atoms with Crippen molar-refractivity contribution in [3.63, 3.8) is 0 Å². The van der Waals surface area contributed by atoms with E-state index in [1.54, 1.807) is 0 Å². The van der Waals surface area contributed by atoms with Gasteiger partial charge < -0.3 is 5.11 Å². The Morgan fingerprint density at radius 1 is 1.83 bits per heavy atom. The van der Waals surface area contributed by atoms with Crippen molar-refractivity contribution in [2.24, 2.45) is 0 Å². The Balaban J connectivity index is 2.75. The van der Waals surface area contributed by atoms with Gasteiger partial charge in [-0.15, -0.1) is 11.6 Å². The molecule has 0 aliphatic rings. The topological polar surface area (TPSA) is 20.2 Å². The molecular formula is C3H6ClFO. The number of hydrogen-bond acceptors (Lipinski definition) is 1. The summed E-state index contributed by atoms with van der Waals surface area (Å²) in [5, 5.41) is 8.16. The van der Waals surface area contributed by atoms with Gasteiger partial charge in [0.2, 0.25) is 0 Å². The molecular weight excluding hydrogens is 106 g/mol. The van der Waals surface area contributed by atoms with Gasteiger partial charge in [0.15, 0.2) is 0 Å². The van der Waals surface area contributed by atoms with E-state index in [2.05, 4.69) is 0 Å².